The van der Waals surface area contributed by atoms with E-state index in [0.717, 1.165) is 35.8 Å². The summed E-state index contributed by atoms with van der Waals surface area (Å²) >= 11 is 1.58. The van der Waals surface area contributed by atoms with Crippen LogP contribution >= 0.6 is 11.3 Å². The van der Waals surface area contributed by atoms with Gasteiger partial charge in [0.2, 0.25) is 0 Å². The number of hydrogen-bond acceptors (Lipinski definition) is 5. The van der Waals surface area contributed by atoms with Crippen LogP contribution in [0, 0.1) is 0 Å². The fourth-order valence-electron chi connectivity index (χ4n) is 4.52. The van der Waals surface area contributed by atoms with E-state index >= 15 is 0 Å². The standard InChI is InChI=1S/C26H23F3N4OS/c27-26(28,29)24-13-22(20-7-1-2-8-21(20)33-24)31-18-5-3-6-19(12-18)32-25(34)17-11-16(14-30-15-17)23-9-4-10-35-23/h1-2,4,7-11,13-15,18-19H,3,5-6,12H2,(H,31,33)(H,32,34)/t18-,19+/m0/s1. The van der Waals surface area contributed by atoms with Gasteiger partial charge in [-0.3, -0.25) is 9.78 Å². The summed E-state index contributed by atoms with van der Waals surface area (Å²) < 4.78 is 40.3. The molecule has 1 saturated carbocycles. The minimum Gasteiger partial charge on any atom is -0.382 e. The number of alkyl halides is 3. The predicted octanol–water partition coefficient (Wildman–Crippen LogP) is 6.53. The molecule has 3 heterocycles. The monoisotopic (exact) mass is 496 g/mol. The molecule has 4 aromatic rings. The number of nitrogens with zero attached hydrogens (tertiary/aromatic N) is 2. The predicted molar refractivity (Wildman–Crippen MR) is 131 cm³/mol. The number of carbonyl (C=O) groups is 1. The fraction of sp³-hybridized carbons (Fsp3) is 0.269. The van der Waals surface area contributed by atoms with Crippen molar-refractivity contribution in [1.29, 1.82) is 0 Å². The number of anilines is 1. The molecule has 1 amide bonds. The summed E-state index contributed by atoms with van der Waals surface area (Å²) in [6, 6.07) is 13.5. The lowest BCUT2D eigenvalue weighted by atomic mass is 9.90. The maximum absolute atomic E-state index is 13.4. The molecule has 5 nitrogen and oxygen atoms in total. The third-order valence-corrected chi connectivity index (χ3v) is 7.10. The van der Waals surface area contributed by atoms with Gasteiger partial charge in [-0.2, -0.15) is 13.2 Å². The fourth-order valence-corrected chi connectivity index (χ4v) is 5.23. The molecule has 0 aliphatic heterocycles. The highest BCUT2D eigenvalue weighted by Crippen LogP contribution is 2.34. The quantitative estimate of drug-likeness (QED) is 0.330. The SMILES string of the molecule is O=C(N[C@@H]1CCC[C@H](Nc2cc(C(F)(F)F)nc3ccccc23)C1)c1cncc(-c2cccs2)c1. The highest BCUT2D eigenvalue weighted by Gasteiger charge is 2.34. The second kappa shape index (κ2) is 9.65. The molecular formula is C26H23F3N4OS. The second-order valence-electron chi connectivity index (χ2n) is 8.69. The first-order chi connectivity index (χ1) is 16.9. The van der Waals surface area contributed by atoms with Crippen LogP contribution in [0.1, 0.15) is 41.7 Å². The van der Waals surface area contributed by atoms with Crippen molar-refractivity contribution in [2.45, 2.75) is 43.9 Å². The largest absolute Gasteiger partial charge is 0.433 e. The van der Waals surface area contributed by atoms with E-state index in [4.69, 9.17) is 0 Å². The Morgan fingerprint density at radius 1 is 1.03 bits per heavy atom. The van der Waals surface area contributed by atoms with Crippen molar-refractivity contribution in [3.63, 3.8) is 0 Å². The van der Waals surface area contributed by atoms with Crippen molar-refractivity contribution in [1.82, 2.24) is 15.3 Å². The summed E-state index contributed by atoms with van der Waals surface area (Å²) in [5, 5.41) is 9.01. The van der Waals surface area contributed by atoms with Gasteiger partial charge in [0.25, 0.3) is 5.91 Å². The van der Waals surface area contributed by atoms with Gasteiger partial charge in [-0.05, 0) is 55.3 Å². The Morgan fingerprint density at radius 2 is 1.86 bits per heavy atom. The van der Waals surface area contributed by atoms with Gasteiger partial charge in [-0.25, -0.2) is 4.98 Å². The van der Waals surface area contributed by atoms with Crippen LogP contribution in [0.2, 0.25) is 0 Å². The van der Waals surface area contributed by atoms with Crippen LogP contribution in [-0.4, -0.2) is 28.0 Å². The summed E-state index contributed by atoms with van der Waals surface area (Å²) in [5.41, 5.74) is 1.16. The summed E-state index contributed by atoms with van der Waals surface area (Å²) in [6.07, 6.45) is 1.83. The number of benzene rings is 1. The van der Waals surface area contributed by atoms with Gasteiger partial charge in [0.1, 0.15) is 5.69 Å². The first kappa shape index (κ1) is 23.3. The maximum atomic E-state index is 13.4. The minimum absolute atomic E-state index is 0.0727. The molecular weight excluding hydrogens is 473 g/mol. The van der Waals surface area contributed by atoms with Gasteiger partial charge >= 0.3 is 6.18 Å². The molecule has 0 saturated heterocycles. The number of thiophene rings is 1. The Morgan fingerprint density at radius 3 is 2.66 bits per heavy atom. The van der Waals surface area contributed by atoms with Gasteiger partial charge in [0, 0.05) is 46.0 Å². The van der Waals surface area contributed by atoms with Crippen molar-refractivity contribution >= 4 is 33.8 Å². The van der Waals surface area contributed by atoms with Crippen molar-refractivity contribution in [2.75, 3.05) is 5.32 Å². The van der Waals surface area contributed by atoms with Crippen LogP contribution in [0.5, 0.6) is 0 Å². The number of carbonyl (C=O) groups excluding carboxylic acids is 1. The minimum atomic E-state index is -4.53. The van der Waals surface area contributed by atoms with Gasteiger partial charge in [0.15, 0.2) is 0 Å². The Bertz CT molecular complexity index is 1340. The lowest BCUT2D eigenvalue weighted by molar-refractivity contribution is -0.140. The van der Waals surface area contributed by atoms with E-state index in [-0.39, 0.29) is 18.0 Å². The summed E-state index contributed by atoms with van der Waals surface area (Å²) in [5.74, 6) is -0.199. The normalized spacial score (nSPS) is 18.4. The van der Waals surface area contributed by atoms with E-state index in [9.17, 15) is 18.0 Å². The van der Waals surface area contributed by atoms with E-state index in [1.807, 2.05) is 23.6 Å². The van der Waals surface area contributed by atoms with Crippen LogP contribution in [-0.2, 0) is 6.18 Å². The molecule has 3 aromatic heterocycles. The Balaban J connectivity index is 1.30. The topological polar surface area (TPSA) is 66.9 Å². The number of aromatic nitrogens is 2. The summed E-state index contributed by atoms with van der Waals surface area (Å²) in [6.45, 7) is 0. The van der Waals surface area contributed by atoms with Crippen molar-refractivity contribution in [3.05, 3.63) is 77.6 Å². The lowest BCUT2D eigenvalue weighted by Crippen LogP contribution is -2.41. The van der Waals surface area contributed by atoms with Crippen LogP contribution < -0.4 is 10.6 Å². The zero-order valence-electron chi connectivity index (χ0n) is 18.7. The number of fused-ring (bicyclic) bond motifs is 1. The molecule has 9 heteroatoms. The van der Waals surface area contributed by atoms with Crippen molar-refractivity contribution < 1.29 is 18.0 Å². The van der Waals surface area contributed by atoms with E-state index in [1.165, 1.54) is 0 Å². The van der Waals surface area contributed by atoms with Crippen LogP contribution in [0.25, 0.3) is 21.3 Å². The molecule has 5 rings (SSSR count). The van der Waals surface area contributed by atoms with Gasteiger partial charge in [-0.1, -0.05) is 24.3 Å². The third kappa shape index (κ3) is 5.30. The van der Waals surface area contributed by atoms with Gasteiger partial charge < -0.3 is 10.6 Å². The number of rotatable bonds is 5. The number of amides is 1. The van der Waals surface area contributed by atoms with E-state index < -0.39 is 11.9 Å². The average Bonchev–Trinajstić information content (AvgIpc) is 3.39. The molecule has 2 atom stereocenters. The molecule has 2 N–H and O–H groups in total. The molecule has 35 heavy (non-hydrogen) atoms. The maximum Gasteiger partial charge on any atom is 0.433 e. The molecule has 1 fully saturated rings. The number of hydrogen-bond donors (Lipinski definition) is 2. The molecule has 1 aromatic carbocycles. The van der Waals surface area contributed by atoms with Gasteiger partial charge in [0.05, 0.1) is 11.1 Å². The van der Waals surface area contributed by atoms with E-state index in [2.05, 4.69) is 20.6 Å². The third-order valence-electron chi connectivity index (χ3n) is 6.18. The zero-order chi connectivity index (χ0) is 24.4. The molecule has 0 radical (unpaired) electrons. The van der Waals surface area contributed by atoms with E-state index in [1.54, 1.807) is 48.0 Å². The Hall–Kier alpha value is -3.46. The van der Waals surface area contributed by atoms with E-state index in [0.29, 0.717) is 28.6 Å². The zero-order valence-corrected chi connectivity index (χ0v) is 19.5. The molecule has 0 bridgehead atoms. The smallest absolute Gasteiger partial charge is 0.382 e. The van der Waals surface area contributed by atoms with Gasteiger partial charge in [-0.15, -0.1) is 11.3 Å². The molecule has 180 valence electrons. The molecule has 0 spiro atoms. The number of nitrogens with one attached hydrogen (secondary N) is 2. The van der Waals surface area contributed by atoms with Crippen molar-refractivity contribution in [3.8, 4) is 10.4 Å². The summed E-state index contributed by atoms with van der Waals surface area (Å²) in [4.78, 5) is 22.0. The lowest BCUT2D eigenvalue weighted by Gasteiger charge is -2.31. The van der Waals surface area contributed by atoms with Crippen LogP contribution in [0.15, 0.2) is 66.3 Å². The number of para-hydroxylation sites is 1. The highest BCUT2D eigenvalue weighted by molar-refractivity contribution is 7.13. The molecule has 1 aliphatic rings. The molecule has 0 unspecified atom stereocenters. The number of pyridine rings is 2. The highest BCUT2D eigenvalue weighted by atomic mass is 32.1. The molecule has 1 aliphatic carbocycles. The van der Waals surface area contributed by atoms with Crippen molar-refractivity contribution in [2.24, 2.45) is 0 Å². The first-order valence-electron chi connectivity index (χ1n) is 11.4. The Kier molecular flexibility index (Phi) is 6.42. The Labute approximate surface area is 204 Å². The van der Waals surface area contributed by atoms with Crippen LogP contribution in [0.3, 0.4) is 0 Å². The van der Waals surface area contributed by atoms with Crippen LogP contribution in [0.4, 0.5) is 18.9 Å². The second-order valence-corrected chi connectivity index (χ2v) is 9.64. The average molecular weight is 497 g/mol. The first-order valence-corrected chi connectivity index (χ1v) is 12.3. The number of halogens is 3. The summed E-state index contributed by atoms with van der Waals surface area (Å²) in [7, 11) is 0.